The predicted octanol–water partition coefficient (Wildman–Crippen LogP) is 7.61. The van der Waals surface area contributed by atoms with Gasteiger partial charge in [0.05, 0.1) is 11.1 Å². The fourth-order valence-corrected chi connectivity index (χ4v) is 4.55. The first kappa shape index (κ1) is 17.3. The Morgan fingerprint density at radius 2 is 0.750 bits per heavy atom. The Morgan fingerprint density at radius 3 is 1.12 bits per heavy atom. The summed E-state index contributed by atoms with van der Waals surface area (Å²) < 4.78 is 12.4. The van der Waals surface area contributed by atoms with Crippen LogP contribution in [0.5, 0.6) is 0 Å². The number of nitrogens with zero attached hydrogens (tertiary/aromatic N) is 2. The largest absolute Gasteiger partial charge is 0.436 e. The molecule has 7 aromatic rings. The molecule has 0 radical (unpaired) electrons. The van der Waals surface area contributed by atoms with Crippen LogP contribution in [0, 0.1) is 0 Å². The van der Waals surface area contributed by atoms with Gasteiger partial charge in [-0.3, -0.25) is 0 Å². The number of hydrogen-bond donors (Lipinski definition) is 0. The number of benzene rings is 5. The Labute approximate surface area is 182 Å². The van der Waals surface area contributed by atoms with Crippen LogP contribution in [0.4, 0.5) is 0 Å². The second-order valence-corrected chi connectivity index (χ2v) is 7.81. The molecule has 0 aliphatic carbocycles. The van der Waals surface area contributed by atoms with Gasteiger partial charge in [0.1, 0.15) is 11.0 Å². The van der Waals surface area contributed by atoms with Gasteiger partial charge in [-0.1, -0.05) is 72.8 Å². The summed E-state index contributed by atoms with van der Waals surface area (Å²) in [6, 6.07) is 32.3. The molecule has 0 atom stereocenters. The summed E-state index contributed by atoms with van der Waals surface area (Å²) in [5.41, 5.74) is 5.20. The minimum atomic E-state index is 0.614. The molecule has 0 N–H and O–H groups in total. The number of aromatic nitrogens is 2. The lowest BCUT2D eigenvalue weighted by atomic mass is 9.91. The molecule has 0 aliphatic rings. The SMILES string of the molecule is c1ccc2oc(-c3c4ccccc4c(-c4nc5ccccc5o4)c4ccccc34)nc2c1. The van der Waals surface area contributed by atoms with Crippen LogP contribution in [0.2, 0.25) is 0 Å². The van der Waals surface area contributed by atoms with Gasteiger partial charge >= 0.3 is 0 Å². The van der Waals surface area contributed by atoms with Crippen LogP contribution in [-0.4, -0.2) is 9.97 Å². The highest BCUT2D eigenvalue weighted by molar-refractivity contribution is 6.20. The van der Waals surface area contributed by atoms with E-state index in [2.05, 4.69) is 24.3 Å². The zero-order chi connectivity index (χ0) is 21.1. The molecule has 0 amide bonds. The van der Waals surface area contributed by atoms with Crippen LogP contribution in [0.3, 0.4) is 0 Å². The maximum atomic E-state index is 6.21. The molecular weight excluding hydrogens is 396 g/mol. The quantitative estimate of drug-likeness (QED) is 0.274. The summed E-state index contributed by atoms with van der Waals surface area (Å²) in [5.74, 6) is 1.23. The third-order valence-corrected chi connectivity index (χ3v) is 5.95. The predicted molar refractivity (Wildman–Crippen MR) is 127 cm³/mol. The first-order valence-corrected chi connectivity index (χ1v) is 10.5. The standard InChI is InChI=1S/C28H16N2O2/c1-2-10-18-17(9-1)25(27-29-21-13-5-7-15-23(21)31-27)19-11-3-4-12-20(19)26(18)28-30-22-14-6-8-16-24(22)32-28/h1-16H. The van der Waals surface area contributed by atoms with Crippen molar-refractivity contribution in [3.8, 4) is 22.9 Å². The molecular formula is C28H16N2O2. The van der Waals surface area contributed by atoms with E-state index in [1.807, 2.05) is 72.8 Å². The highest BCUT2D eigenvalue weighted by Crippen LogP contribution is 2.44. The number of rotatable bonds is 2. The smallest absolute Gasteiger partial charge is 0.228 e. The van der Waals surface area contributed by atoms with E-state index in [0.717, 1.165) is 54.9 Å². The Balaban J connectivity index is 1.64. The molecule has 0 fully saturated rings. The highest BCUT2D eigenvalue weighted by atomic mass is 16.4. The Kier molecular flexibility index (Phi) is 3.52. The van der Waals surface area contributed by atoms with Crippen molar-refractivity contribution in [2.45, 2.75) is 0 Å². The van der Waals surface area contributed by atoms with Gasteiger partial charge in [-0.25, -0.2) is 9.97 Å². The van der Waals surface area contributed by atoms with Crippen LogP contribution < -0.4 is 0 Å². The maximum Gasteiger partial charge on any atom is 0.228 e. The van der Waals surface area contributed by atoms with Gasteiger partial charge in [-0.05, 0) is 45.8 Å². The van der Waals surface area contributed by atoms with Gasteiger partial charge in [0.15, 0.2) is 11.2 Å². The lowest BCUT2D eigenvalue weighted by molar-refractivity contribution is 0.620. The van der Waals surface area contributed by atoms with Crippen molar-refractivity contribution >= 4 is 43.7 Å². The lowest BCUT2D eigenvalue weighted by Crippen LogP contribution is -1.90. The van der Waals surface area contributed by atoms with Crippen LogP contribution in [0.15, 0.2) is 106 Å². The summed E-state index contributed by atoms with van der Waals surface area (Å²) in [6.45, 7) is 0. The van der Waals surface area contributed by atoms with E-state index in [1.165, 1.54) is 0 Å². The second-order valence-electron chi connectivity index (χ2n) is 7.81. The minimum absolute atomic E-state index is 0.614. The van der Waals surface area contributed by atoms with Crippen LogP contribution in [-0.2, 0) is 0 Å². The molecule has 0 aliphatic heterocycles. The van der Waals surface area contributed by atoms with Crippen molar-refractivity contribution in [2.75, 3.05) is 0 Å². The van der Waals surface area contributed by atoms with Crippen molar-refractivity contribution in [1.82, 2.24) is 9.97 Å². The second kappa shape index (κ2) is 6.53. The molecule has 2 aromatic heterocycles. The van der Waals surface area contributed by atoms with E-state index < -0.39 is 0 Å². The molecule has 2 heterocycles. The van der Waals surface area contributed by atoms with E-state index in [-0.39, 0.29) is 0 Å². The summed E-state index contributed by atoms with van der Waals surface area (Å²) in [5, 5.41) is 4.20. The summed E-state index contributed by atoms with van der Waals surface area (Å²) in [6.07, 6.45) is 0. The Hall–Kier alpha value is -4.44. The topological polar surface area (TPSA) is 52.1 Å². The fraction of sp³-hybridized carbons (Fsp3) is 0. The zero-order valence-corrected chi connectivity index (χ0v) is 16.9. The Bertz CT molecular complexity index is 1540. The van der Waals surface area contributed by atoms with Gasteiger partial charge in [0.25, 0.3) is 0 Å². The molecule has 0 unspecified atom stereocenters. The number of para-hydroxylation sites is 4. The molecule has 0 saturated heterocycles. The van der Waals surface area contributed by atoms with E-state index in [9.17, 15) is 0 Å². The number of fused-ring (bicyclic) bond motifs is 4. The molecule has 7 rings (SSSR count). The van der Waals surface area contributed by atoms with Gasteiger partial charge in [0, 0.05) is 0 Å². The van der Waals surface area contributed by atoms with Crippen molar-refractivity contribution in [1.29, 1.82) is 0 Å². The molecule has 32 heavy (non-hydrogen) atoms. The van der Waals surface area contributed by atoms with Crippen molar-refractivity contribution in [3.05, 3.63) is 97.1 Å². The first-order valence-electron chi connectivity index (χ1n) is 10.5. The summed E-state index contributed by atoms with van der Waals surface area (Å²) in [4.78, 5) is 9.63. The van der Waals surface area contributed by atoms with Crippen LogP contribution >= 0.6 is 0 Å². The van der Waals surface area contributed by atoms with E-state index in [4.69, 9.17) is 18.8 Å². The Morgan fingerprint density at radius 1 is 0.406 bits per heavy atom. The fourth-order valence-electron chi connectivity index (χ4n) is 4.55. The molecule has 0 saturated carbocycles. The average Bonchev–Trinajstić information content (AvgIpc) is 3.46. The number of oxazole rings is 2. The molecule has 0 bridgehead atoms. The molecule has 4 heteroatoms. The third-order valence-electron chi connectivity index (χ3n) is 5.95. The average molecular weight is 412 g/mol. The minimum Gasteiger partial charge on any atom is -0.436 e. The maximum absolute atomic E-state index is 6.21. The van der Waals surface area contributed by atoms with E-state index in [1.54, 1.807) is 0 Å². The molecule has 0 spiro atoms. The lowest BCUT2D eigenvalue weighted by Gasteiger charge is -2.13. The number of hydrogen-bond acceptors (Lipinski definition) is 4. The monoisotopic (exact) mass is 412 g/mol. The normalized spacial score (nSPS) is 11.8. The molecule has 4 nitrogen and oxygen atoms in total. The van der Waals surface area contributed by atoms with E-state index >= 15 is 0 Å². The van der Waals surface area contributed by atoms with Gasteiger partial charge in [0.2, 0.25) is 11.8 Å². The van der Waals surface area contributed by atoms with Crippen molar-refractivity contribution in [3.63, 3.8) is 0 Å². The zero-order valence-electron chi connectivity index (χ0n) is 16.9. The summed E-state index contributed by atoms with van der Waals surface area (Å²) >= 11 is 0. The van der Waals surface area contributed by atoms with Crippen LogP contribution in [0.25, 0.3) is 66.7 Å². The first-order chi connectivity index (χ1) is 15.9. The van der Waals surface area contributed by atoms with Gasteiger partial charge in [-0.2, -0.15) is 0 Å². The summed E-state index contributed by atoms with van der Waals surface area (Å²) in [7, 11) is 0. The van der Waals surface area contributed by atoms with Gasteiger partial charge < -0.3 is 8.83 Å². The van der Waals surface area contributed by atoms with Crippen LogP contribution in [0.1, 0.15) is 0 Å². The molecule has 5 aromatic carbocycles. The highest BCUT2D eigenvalue weighted by Gasteiger charge is 2.22. The van der Waals surface area contributed by atoms with Gasteiger partial charge in [-0.15, -0.1) is 0 Å². The van der Waals surface area contributed by atoms with E-state index in [0.29, 0.717) is 11.8 Å². The molecule has 150 valence electrons. The van der Waals surface area contributed by atoms with Crippen molar-refractivity contribution in [2.24, 2.45) is 0 Å². The third kappa shape index (κ3) is 2.44. The van der Waals surface area contributed by atoms with Crippen molar-refractivity contribution < 1.29 is 8.83 Å².